The molecule has 1 aromatic heterocycles. The summed E-state index contributed by atoms with van der Waals surface area (Å²) >= 11 is 0. The molecule has 0 unspecified atom stereocenters. The standard InChI is InChI=1S/C18H23N3O4/c1-20(9-13-4-3-5-16-18(13)24-7-6-23-16)15-11-22-12-17(15)25-14-8-19-21(2)10-14/h3-5,8,10,15,17H,6-7,9,11-12H2,1-2H3/t15-,17+/m0/s1. The molecule has 3 heterocycles. The number of rotatable bonds is 5. The van der Waals surface area contributed by atoms with Gasteiger partial charge in [0, 0.05) is 19.2 Å². The van der Waals surface area contributed by atoms with Gasteiger partial charge in [-0.2, -0.15) is 5.10 Å². The molecule has 2 atom stereocenters. The summed E-state index contributed by atoms with van der Waals surface area (Å²) in [6.07, 6.45) is 3.58. The third-order valence-corrected chi connectivity index (χ3v) is 4.60. The van der Waals surface area contributed by atoms with Crippen LogP contribution in [0.5, 0.6) is 17.2 Å². The lowest BCUT2D eigenvalue weighted by molar-refractivity contribution is 0.110. The van der Waals surface area contributed by atoms with Crippen molar-refractivity contribution >= 4 is 0 Å². The van der Waals surface area contributed by atoms with Gasteiger partial charge in [0.15, 0.2) is 17.2 Å². The fourth-order valence-electron chi connectivity index (χ4n) is 3.33. The van der Waals surface area contributed by atoms with E-state index in [1.165, 1.54) is 0 Å². The minimum absolute atomic E-state index is 0.0223. The van der Waals surface area contributed by atoms with E-state index in [0.29, 0.717) is 26.4 Å². The molecule has 2 aliphatic heterocycles. The quantitative estimate of drug-likeness (QED) is 0.818. The van der Waals surface area contributed by atoms with Crippen LogP contribution >= 0.6 is 0 Å². The molecule has 0 N–H and O–H groups in total. The molecule has 1 aromatic carbocycles. The highest BCUT2D eigenvalue weighted by atomic mass is 16.6. The van der Waals surface area contributed by atoms with Gasteiger partial charge in [-0.25, -0.2) is 0 Å². The van der Waals surface area contributed by atoms with Crippen LogP contribution in [-0.4, -0.2) is 60.3 Å². The third kappa shape index (κ3) is 3.43. The minimum atomic E-state index is -0.0223. The number of para-hydroxylation sites is 1. The van der Waals surface area contributed by atoms with Crippen molar-refractivity contribution < 1.29 is 18.9 Å². The summed E-state index contributed by atoms with van der Waals surface area (Å²) in [7, 11) is 3.96. The predicted molar refractivity (Wildman–Crippen MR) is 91.1 cm³/mol. The Morgan fingerprint density at radius 2 is 2.16 bits per heavy atom. The molecule has 0 spiro atoms. The Bertz CT molecular complexity index is 733. The number of aryl methyl sites for hydroxylation is 1. The zero-order valence-corrected chi connectivity index (χ0v) is 14.6. The van der Waals surface area contributed by atoms with Crippen LogP contribution in [0.15, 0.2) is 30.6 Å². The molecule has 0 amide bonds. The Morgan fingerprint density at radius 3 is 3.00 bits per heavy atom. The van der Waals surface area contributed by atoms with E-state index < -0.39 is 0 Å². The smallest absolute Gasteiger partial charge is 0.165 e. The Balaban J connectivity index is 1.46. The number of hydrogen-bond acceptors (Lipinski definition) is 6. The van der Waals surface area contributed by atoms with Gasteiger partial charge in [-0.3, -0.25) is 9.58 Å². The number of fused-ring (bicyclic) bond motifs is 1. The molecule has 0 aliphatic carbocycles. The van der Waals surface area contributed by atoms with Crippen molar-refractivity contribution in [2.45, 2.75) is 18.7 Å². The summed E-state index contributed by atoms with van der Waals surface area (Å²) in [6.45, 7) is 3.16. The second-order valence-electron chi connectivity index (χ2n) is 6.47. The maximum Gasteiger partial charge on any atom is 0.165 e. The second kappa shape index (κ2) is 6.93. The number of hydrogen-bond donors (Lipinski definition) is 0. The second-order valence-corrected chi connectivity index (χ2v) is 6.47. The van der Waals surface area contributed by atoms with Crippen LogP contribution in [0.1, 0.15) is 5.56 Å². The predicted octanol–water partition coefficient (Wildman–Crippen LogP) is 1.47. The van der Waals surface area contributed by atoms with Gasteiger partial charge in [-0.1, -0.05) is 12.1 Å². The molecule has 0 bridgehead atoms. The van der Waals surface area contributed by atoms with Gasteiger partial charge in [0.2, 0.25) is 0 Å². The summed E-state index contributed by atoms with van der Waals surface area (Å²) < 4.78 is 25.0. The molecule has 2 aromatic rings. The van der Waals surface area contributed by atoms with Crippen molar-refractivity contribution in [3.05, 3.63) is 36.2 Å². The fourth-order valence-corrected chi connectivity index (χ4v) is 3.33. The van der Waals surface area contributed by atoms with E-state index in [0.717, 1.165) is 29.4 Å². The number of benzene rings is 1. The highest BCUT2D eigenvalue weighted by Crippen LogP contribution is 2.34. The van der Waals surface area contributed by atoms with Gasteiger partial charge in [0.25, 0.3) is 0 Å². The monoisotopic (exact) mass is 345 g/mol. The van der Waals surface area contributed by atoms with Crippen molar-refractivity contribution in [2.75, 3.05) is 33.5 Å². The number of aromatic nitrogens is 2. The average Bonchev–Trinajstić information content (AvgIpc) is 3.24. The summed E-state index contributed by atoms with van der Waals surface area (Å²) in [5, 5.41) is 4.15. The first-order valence-corrected chi connectivity index (χ1v) is 8.51. The van der Waals surface area contributed by atoms with Gasteiger partial charge in [0.1, 0.15) is 19.3 Å². The summed E-state index contributed by atoms with van der Waals surface area (Å²) in [6, 6.07) is 6.20. The lowest BCUT2D eigenvalue weighted by Gasteiger charge is -2.29. The number of nitrogens with zero attached hydrogens (tertiary/aromatic N) is 3. The van der Waals surface area contributed by atoms with Crippen LogP contribution in [0.3, 0.4) is 0 Å². The maximum atomic E-state index is 6.07. The van der Waals surface area contributed by atoms with E-state index in [1.807, 2.05) is 25.4 Å². The normalized spacial score (nSPS) is 22.4. The average molecular weight is 345 g/mol. The first-order chi connectivity index (χ1) is 12.2. The molecule has 1 saturated heterocycles. The van der Waals surface area contributed by atoms with E-state index in [1.54, 1.807) is 10.9 Å². The summed E-state index contributed by atoms with van der Waals surface area (Å²) in [5.74, 6) is 2.44. The molecule has 4 rings (SSSR count). The van der Waals surface area contributed by atoms with E-state index >= 15 is 0 Å². The van der Waals surface area contributed by atoms with Crippen LogP contribution in [0.25, 0.3) is 0 Å². The van der Waals surface area contributed by atoms with Crippen LogP contribution in [-0.2, 0) is 18.3 Å². The van der Waals surface area contributed by atoms with Crippen LogP contribution in [0.2, 0.25) is 0 Å². The molecular weight excluding hydrogens is 322 g/mol. The highest BCUT2D eigenvalue weighted by molar-refractivity contribution is 5.47. The van der Waals surface area contributed by atoms with Crippen LogP contribution in [0.4, 0.5) is 0 Å². The number of likely N-dealkylation sites (N-methyl/N-ethyl adjacent to an activating group) is 1. The molecular formula is C18H23N3O4. The molecule has 134 valence electrons. The van der Waals surface area contributed by atoms with Gasteiger partial charge < -0.3 is 18.9 Å². The summed E-state index contributed by atoms with van der Waals surface area (Å²) in [4.78, 5) is 2.25. The SMILES string of the molecule is CN(Cc1cccc2c1OCCO2)[C@H]1COC[C@H]1Oc1cnn(C)c1. The molecule has 7 heteroatoms. The first kappa shape index (κ1) is 16.2. The molecule has 0 radical (unpaired) electrons. The van der Waals surface area contributed by atoms with Crippen LogP contribution < -0.4 is 14.2 Å². The minimum Gasteiger partial charge on any atom is -0.486 e. The van der Waals surface area contributed by atoms with Crippen molar-refractivity contribution in [1.82, 2.24) is 14.7 Å². The molecule has 0 saturated carbocycles. The van der Waals surface area contributed by atoms with Gasteiger partial charge in [-0.15, -0.1) is 0 Å². The third-order valence-electron chi connectivity index (χ3n) is 4.60. The van der Waals surface area contributed by atoms with E-state index in [-0.39, 0.29) is 12.1 Å². The van der Waals surface area contributed by atoms with Crippen molar-refractivity contribution in [3.63, 3.8) is 0 Å². The van der Waals surface area contributed by atoms with Crippen LogP contribution in [0, 0.1) is 0 Å². The van der Waals surface area contributed by atoms with E-state index in [9.17, 15) is 0 Å². The van der Waals surface area contributed by atoms with E-state index in [4.69, 9.17) is 18.9 Å². The zero-order chi connectivity index (χ0) is 17.2. The Labute approximate surface area is 147 Å². The summed E-state index contributed by atoms with van der Waals surface area (Å²) in [5.41, 5.74) is 1.12. The van der Waals surface area contributed by atoms with Crippen molar-refractivity contribution in [1.29, 1.82) is 0 Å². The fraction of sp³-hybridized carbons (Fsp3) is 0.500. The van der Waals surface area contributed by atoms with Gasteiger partial charge >= 0.3 is 0 Å². The first-order valence-electron chi connectivity index (χ1n) is 8.51. The topological polar surface area (TPSA) is 58.0 Å². The van der Waals surface area contributed by atoms with Gasteiger partial charge in [0.05, 0.1) is 31.6 Å². The largest absolute Gasteiger partial charge is 0.486 e. The lowest BCUT2D eigenvalue weighted by atomic mass is 10.1. The molecule has 1 fully saturated rings. The van der Waals surface area contributed by atoms with Crippen molar-refractivity contribution in [3.8, 4) is 17.2 Å². The zero-order valence-electron chi connectivity index (χ0n) is 14.6. The highest BCUT2D eigenvalue weighted by Gasteiger charge is 2.34. The molecule has 7 nitrogen and oxygen atoms in total. The maximum absolute atomic E-state index is 6.07. The Morgan fingerprint density at radius 1 is 1.28 bits per heavy atom. The Hall–Kier alpha value is -2.25. The van der Waals surface area contributed by atoms with Crippen molar-refractivity contribution in [2.24, 2.45) is 7.05 Å². The lowest BCUT2D eigenvalue weighted by Crippen LogP contribution is -2.43. The van der Waals surface area contributed by atoms with Gasteiger partial charge in [-0.05, 0) is 13.1 Å². The molecule has 2 aliphatic rings. The van der Waals surface area contributed by atoms with E-state index in [2.05, 4.69) is 23.1 Å². The number of ether oxygens (including phenoxy) is 4. The molecule has 25 heavy (non-hydrogen) atoms. The Kier molecular flexibility index (Phi) is 4.50.